The third kappa shape index (κ3) is 6.34. The zero-order chi connectivity index (χ0) is 22.2. The van der Waals surface area contributed by atoms with Crippen LogP contribution in [-0.4, -0.2) is 31.5 Å². The van der Waals surface area contributed by atoms with Crippen molar-refractivity contribution in [1.29, 1.82) is 0 Å². The van der Waals surface area contributed by atoms with Gasteiger partial charge in [-0.1, -0.05) is 30.3 Å². The number of nitrogens with zero attached hydrogens (tertiary/aromatic N) is 1. The van der Waals surface area contributed by atoms with Crippen molar-refractivity contribution in [3.8, 4) is 5.75 Å². The van der Waals surface area contributed by atoms with Gasteiger partial charge in [0.25, 0.3) is 5.91 Å². The Kier molecular flexibility index (Phi) is 7.27. The molecule has 3 rings (SSSR count). The number of carbonyl (C=O) groups excluding carboxylic acids is 2. The molecule has 0 unspecified atom stereocenters. The summed E-state index contributed by atoms with van der Waals surface area (Å²) in [6, 6.07) is 23.8. The molecule has 2 N–H and O–H groups in total. The molecule has 0 aromatic heterocycles. The van der Waals surface area contributed by atoms with Crippen LogP contribution < -0.4 is 20.3 Å². The number of amides is 2. The summed E-state index contributed by atoms with van der Waals surface area (Å²) in [4.78, 5) is 26.8. The van der Waals surface area contributed by atoms with Gasteiger partial charge in [0, 0.05) is 35.7 Å². The van der Waals surface area contributed by atoms with Crippen molar-refractivity contribution in [2.45, 2.75) is 20.0 Å². The third-order valence-corrected chi connectivity index (χ3v) is 4.50. The Bertz CT molecular complexity index is 1030. The molecule has 0 heterocycles. The van der Waals surface area contributed by atoms with Gasteiger partial charge in [0.2, 0.25) is 5.91 Å². The minimum atomic E-state index is -0.212. The van der Waals surface area contributed by atoms with Gasteiger partial charge in [-0.2, -0.15) is 0 Å². The monoisotopic (exact) mass is 417 g/mol. The first-order valence-electron chi connectivity index (χ1n) is 10.2. The molecule has 0 spiro atoms. The van der Waals surface area contributed by atoms with Crippen LogP contribution in [0.1, 0.15) is 24.2 Å². The van der Waals surface area contributed by atoms with Crippen molar-refractivity contribution in [1.82, 2.24) is 0 Å². The lowest BCUT2D eigenvalue weighted by Crippen LogP contribution is -2.26. The highest BCUT2D eigenvalue weighted by Crippen LogP contribution is 2.19. The van der Waals surface area contributed by atoms with E-state index in [1.54, 1.807) is 36.2 Å². The van der Waals surface area contributed by atoms with Crippen LogP contribution in [0.4, 0.5) is 17.1 Å². The average Bonchev–Trinajstić information content (AvgIpc) is 2.77. The number of anilines is 3. The number of para-hydroxylation sites is 1. The van der Waals surface area contributed by atoms with Gasteiger partial charge in [-0.05, 0) is 56.3 Å². The summed E-state index contributed by atoms with van der Waals surface area (Å²) in [6.45, 7) is 4.02. The number of rotatable bonds is 8. The summed E-state index contributed by atoms with van der Waals surface area (Å²) < 4.78 is 5.67. The maximum absolute atomic E-state index is 12.8. The van der Waals surface area contributed by atoms with Crippen molar-refractivity contribution in [3.05, 3.63) is 84.4 Å². The van der Waals surface area contributed by atoms with Crippen LogP contribution in [0.2, 0.25) is 0 Å². The van der Waals surface area contributed by atoms with Gasteiger partial charge in [0.1, 0.15) is 5.75 Å². The van der Waals surface area contributed by atoms with Crippen LogP contribution in [0.15, 0.2) is 78.9 Å². The largest absolute Gasteiger partial charge is 0.491 e. The Morgan fingerprint density at radius 3 is 2.35 bits per heavy atom. The maximum atomic E-state index is 12.8. The Labute approximate surface area is 182 Å². The molecule has 6 nitrogen and oxygen atoms in total. The second-order valence-corrected chi connectivity index (χ2v) is 7.38. The molecule has 160 valence electrons. The van der Waals surface area contributed by atoms with E-state index in [0.29, 0.717) is 11.3 Å². The van der Waals surface area contributed by atoms with E-state index in [1.807, 2.05) is 68.4 Å². The molecule has 3 aromatic carbocycles. The SMILES string of the molecule is CC(C)Oc1cccc(NCC(=O)Nc2cccc(C(=O)N(C)c3ccccc3)c2)c1. The Balaban J connectivity index is 1.59. The number of carbonyl (C=O) groups is 2. The smallest absolute Gasteiger partial charge is 0.258 e. The van der Waals surface area contributed by atoms with E-state index in [1.165, 1.54) is 0 Å². The first-order chi connectivity index (χ1) is 14.9. The third-order valence-electron chi connectivity index (χ3n) is 4.50. The highest BCUT2D eigenvalue weighted by Gasteiger charge is 2.14. The molecule has 0 atom stereocenters. The van der Waals surface area contributed by atoms with Crippen LogP contribution in [0.5, 0.6) is 5.75 Å². The molecule has 0 aliphatic rings. The molecule has 2 amide bonds. The Morgan fingerprint density at radius 2 is 1.61 bits per heavy atom. The number of hydrogen-bond donors (Lipinski definition) is 2. The molecular formula is C25H27N3O3. The number of nitrogens with one attached hydrogen (secondary N) is 2. The zero-order valence-corrected chi connectivity index (χ0v) is 18.0. The van der Waals surface area contributed by atoms with Gasteiger partial charge in [0.15, 0.2) is 0 Å². The van der Waals surface area contributed by atoms with Gasteiger partial charge in [-0.25, -0.2) is 0 Å². The van der Waals surface area contributed by atoms with Gasteiger partial charge in [-0.3, -0.25) is 9.59 Å². The predicted octanol–water partition coefficient (Wildman–Crippen LogP) is 4.80. The second kappa shape index (κ2) is 10.3. The molecule has 0 aliphatic carbocycles. The highest BCUT2D eigenvalue weighted by molar-refractivity contribution is 6.06. The van der Waals surface area contributed by atoms with Crippen LogP contribution >= 0.6 is 0 Å². The molecule has 31 heavy (non-hydrogen) atoms. The minimum Gasteiger partial charge on any atom is -0.491 e. The molecule has 0 bridgehead atoms. The summed E-state index contributed by atoms with van der Waals surface area (Å²) in [5, 5.41) is 5.92. The first kappa shape index (κ1) is 21.9. The lowest BCUT2D eigenvalue weighted by Gasteiger charge is -2.18. The van der Waals surface area contributed by atoms with Gasteiger partial charge < -0.3 is 20.3 Å². The summed E-state index contributed by atoms with van der Waals surface area (Å²) in [6.07, 6.45) is 0.0782. The average molecular weight is 418 g/mol. The molecule has 0 radical (unpaired) electrons. The van der Waals surface area contributed by atoms with E-state index in [2.05, 4.69) is 10.6 Å². The Morgan fingerprint density at radius 1 is 0.903 bits per heavy atom. The standard InChI is InChI=1S/C25H27N3O3/c1-18(2)31-23-14-8-10-20(16-23)26-17-24(29)27-21-11-7-9-19(15-21)25(30)28(3)22-12-5-4-6-13-22/h4-16,18,26H,17H2,1-3H3,(H,27,29). The number of benzene rings is 3. The normalized spacial score (nSPS) is 10.5. The molecule has 6 heteroatoms. The lowest BCUT2D eigenvalue weighted by atomic mass is 10.1. The first-order valence-corrected chi connectivity index (χ1v) is 10.2. The van der Waals surface area contributed by atoms with E-state index in [0.717, 1.165) is 17.1 Å². The fourth-order valence-corrected chi connectivity index (χ4v) is 3.03. The lowest BCUT2D eigenvalue weighted by molar-refractivity contribution is -0.114. The molecule has 0 aliphatic heterocycles. The van der Waals surface area contributed by atoms with E-state index < -0.39 is 0 Å². The van der Waals surface area contributed by atoms with E-state index in [9.17, 15) is 9.59 Å². The van der Waals surface area contributed by atoms with Crippen LogP contribution in [0, 0.1) is 0 Å². The van der Waals surface area contributed by atoms with E-state index in [4.69, 9.17) is 4.74 Å². The van der Waals surface area contributed by atoms with Gasteiger partial charge in [-0.15, -0.1) is 0 Å². The second-order valence-electron chi connectivity index (χ2n) is 7.38. The Hall–Kier alpha value is -3.80. The van der Waals surface area contributed by atoms with Crippen molar-refractivity contribution in [3.63, 3.8) is 0 Å². The summed E-state index contributed by atoms with van der Waals surface area (Å²) in [5.41, 5.74) is 2.66. The molecular weight excluding hydrogens is 390 g/mol. The number of hydrogen-bond acceptors (Lipinski definition) is 4. The molecule has 0 saturated carbocycles. The topological polar surface area (TPSA) is 70.7 Å². The van der Waals surface area contributed by atoms with E-state index >= 15 is 0 Å². The minimum absolute atomic E-state index is 0.0782. The maximum Gasteiger partial charge on any atom is 0.258 e. The van der Waals surface area contributed by atoms with Crippen molar-refractivity contribution in [2.75, 3.05) is 29.1 Å². The van der Waals surface area contributed by atoms with Crippen LogP contribution in [-0.2, 0) is 4.79 Å². The molecule has 3 aromatic rings. The number of ether oxygens (including phenoxy) is 1. The molecule has 0 fully saturated rings. The van der Waals surface area contributed by atoms with Crippen molar-refractivity contribution >= 4 is 28.9 Å². The summed E-state index contributed by atoms with van der Waals surface area (Å²) in [7, 11) is 1.73. The van der Waals surface area contributed by atoms with Gasteiger partial charge in [0.05, 0.1) is 12.6 Å². The zero-order valence-electron chi connectivity index (χ0n) is 18.0. The summed E-state index contributed by atoms with van der Waals surface area (Å²) in [5.74, 6) is 0.382. The quantitative estimate of drug-likeness (QED) is 0.552. The molecule has 0 saturated heterocycles. The van der Waals surface area contributed by atoms with Gasteiger partial charge >= 0.3 is 0 Å². The highest BCUT2D eigenvalue weighted by atomic mass is 16.5. The predicted molar refractivity (Wildman–Crippen MR) is 125 cm³/mol. The van der Waals surface area contributed by atoms with Crippen LogP contribution in [0.3, 0.4) is 0 Å². The summed E-state index contributed by atoms with van der Waals surface area (Å²) >= 11 is 0. The van der Waals surface area contributed by atoms with Crippen molar-refractivity contribution < 1.29 is 14.3 Å². The fourth-order valence-electron chi connectivity index (χ4n) is 3.03. The van der Waals surface area contributed by atoms with Crippen molar-refractivity contribution in [2.24, 2.45) is 0 Å². The fraction of sp³-hybridized carbons (Fsp3) is 0.200. The van der Waals surface area contributed by atoms with Crippen LogP contribution in [0.25, 0.3) is 0 Å². The van der Waals surface area contributed by atoms with E-state index in [-0.39, 0.29) is 24.5 Å².